The minimum atomic E-state index is -0.892. The lowest BCUT2D eigenvalue weighted by atomic mass is 9.84. The van der Waals surface area contributed by atoms with Crippen LogP contribution in [0.2, 0.25) is 0 Å². The Labute approximate surface area is 225 Å². The van der Waals surface area contributed by atoms with Gasteiger partial charge in [-0.05, 0) is 61.1 Å². The quantitative estimate of drug-likeness (QED) is 0.274. The molecule has 0 saturated carbocycles. The van der Waals surface area contributed by atoms with Crippen LogP contribution >= 0.6 is 0 Å². The van der Waals surface area contributed by atoms with Gasteiger partial charge in [-0.25, -0.2) is 0 Å². The van der Waals surface area contributed by atoms with Gasteiger partial charge < -0.3 is 29.0 Å². The molecule has 2 aromatic carbocycles. The van der Waals surface area contributed by atoms with Gasteiger partial charge in [-0.2, -0.15) is 0 Å². The molecule has 2 aromatic rings. The van der Waals surface area contributed by atoms with Gasteiger partial charge in [0.2, 0.25) is 5.75 Å². The van der Waals surface area contributed by atoms with Crippen LogP contribution in [0.25, 0.3) is 5.76 Å². The van der Waals surface area contributed by atoms with Gasteiger partial charge >= 0.3 is 0 Å². The summed E-state index contributed by atoms with van der Waals surface area (Å²) in [5, 5.41) is 11.7. The van der Waals surface area contributed by atoms with E-state index in [0.29, 0.717) is 28.4 Å². The van der Waals surface area contributed by atoms with E-state index in [1.54, 1.807) is 12.1 Å². The molecule has 0 radical (unpaired) electrons. The maximum absolute atomic E-state index is 13.5. The molecule has 38 heavy (non-hydrogen) atoms. The van der Waals surface area contributed by atoms with Crippen LogP contribution in [-0.4, -0.2) is 62.3 Å². The molecule has 8 nitrogen and oxygen atoms in total. The number of methoxy groups -OCH3 is 3. The van der Waals surface area contributed by atoms with Crippen LogP contribution in [0.4, 0.5) is 0 Å². The Hall–Kier alpha value is -3.52. The SMILES string of the molecule is COc1cc(C2/C(=C(\O)c3cc(C(C)(C)C)ccc3C)C(=O)C(=O)N2CCOC(C)C)cc(OC)c1OC. The van der Waals surface area contributed by atoms with E-state index >= 15 is 0 Å². The zero-order chi connectivity index (χ0) is 28.4. The van der Waals surface area contributed by atoms with Gasteiger partial charge in [0.1, 0.15) is 5.76 Å². The minimum Gasteiger partial charge on any atom is -0.507 e. The van der Waals surface area contributed by atoms with Crippen molar-refractivity contribution >= 4 is 17.4 Å². The molecule has 0 bridgehead atoms. The smallest absolute Gasteiger partial charge is 0.295 e. The first kappa shape index (κ1) is 29.0. The third kappa shape index (κ3) is 5.65. The van der Waals surface area contributed by atoms with E-state index in [1.807, 2.05) is 39.0 Å². The maximum atomic E-state index is 13.5. The zero-order valence-electron chi connectivity index (χ0n) is 23.8. The largest absolute Gasteiger partial charge is 0.507 e. The van der Waals surface area contributed by atoms with Crippen LogP contribution in [0.3, 0.4) is 0 Å². The summed E-state index contributed by atoms with van der Waals surface area (Å²) in [6, 6.07) is 8.30. The number of hydrogen-bond donors (Lipinski definition) is 1. The van der Waals surface area contributed by atoms with Gasteiger partial charge in [0.25, 0.3) is 11.7 Å². The Morgan fingerprint density at radius 2 is 1.61 bits per heavy atom. The first-order chi connectivity index (χ1) is 17.8. The van der Waals surface area contributed by atoms with E-state index in [1.165, 1.54) is 26.2 Å². The molecule has 1 N–H and O–H groups in total. The Balaban J connectivity index is 2.29. The number of aryl methyl sites for hydroxylation is 1. The molecule has 0 spiro atoms. The molecule has 3 rings (SSSR count). The standard InChI is InChI=1S/C30H39NO7/c1-17(2)38-13-12-31-25(19-14-22(35-7)28(37-9)23(15-19)36-8)24(27(33)29(31)34)26(32)21-16-20(30(4,5)6)11-10-18(21)3/h10-11,14-17,25,32H,12-13H2,1-9H3/b26-24+. The first-order valence-electron chi connectivity index (χ1n) is 12.7. The Kier molecular flexibility index (Phi) is 8.77. The number of likely N-dealkylation sites (tertiary alicyclic amines) is 1. The van der Waals surface area contributed by atoms with Crippen LogP contribution < -0.4 is 14.2 Å². The molecule has 8 heteroatoms. The number of nitrogens with zero attached hydrogens (tertiary/aromatic N) is 1. The van der Waals surface area contributed by atoms with Crippen LogP contribution in [-0.2, 0) is 19.7 Å². The fraction of sp³-hybridized carbons (Fsp3) is 0.467. The first-order valence-corrected chi connectivity index (χ1v) is 12.7. The lowest BCUT2D eigenvalue weighted by Crippen LogP contribution is -2.33. The van der Waals surface area contributed by atoms with E-state index in [0.717, 1.165) is 11.1 Å². The van der Waals surface area contributed by atoms with Crippen molar-refractivity contribution in [3.63, 3.8) is 0 Å². The third-order valence-electron chi connectivity index (χ3n) is 6.68. The van der Waals surface area contributed by atoms with E-state index < -0.39 is 17.7 Å². The molecule has 1 amide bonds. The topological polar surface area (TPSA) is 94.5 Å². The molecule has 1 atom stereocenters. The molecular formula is C30H39NO7. The van der Waals surface area contributed by atoms with E-state index in [4.69, 9.17) is 18.9 Å². The highest BCUT2D eigenvalue weighted by Crippen LogP contribution is 2.46. The average molecular weight is 526 g/mol. The number of benzene rings is 2. The molecule has 1 aliphatic heterocycles. The fourth-order valence-corrected chi connectivity index (χ4v) is 4.59. The van der Waals surface area contributed by atoms with Crippen LogP contribution in [0.1, 0.15) is 62.9 Å². The predicted molar refractivity (Wildman–Crippen MR) is 146 cm³/mol. The summed E-state index contributed by atoms with van der Waals surface area (Å²) in [6.45, 7) is 12.3. The van der Waals surface area contributed by atoms with Crippen molar-refractivity contribution in [1.29, 1.82) is 0 Å². The molecule has 1 saturated heterocycles. The summed E-state index contributed by atoms with van der Waals surface area (Å²) in [7, 11) is 4.49. The molecule has 206 valence electrons. The Morgan fingerprint density at radius 3 is 2.11 bits per heavy atom. The lowest BCUT2D eigenvalue weighted by Gasteiger charge is -2.27. The average Bonchev–Trinajstić information content (AvgIpc) is 3.11. The van der Waals surface area contributed by atoms with Crippen LogP contribution in [0, 0.1) is 6.92 Å². The summed E-state index contributed by atoms with van der Waals surface area (Å²) in [5.74, 6) is -0.562. The molecular weight excluding hydrogens is 486 g/mol. The maximum Gasteiger partial charge on any atom is 0.295 e. The second-order valence-corrected chi connectivity index (χ2v) is 10.7. The number of hydrogen-bond acceptors (Lipinski definition) is 7. The summed E-state index contributed by atoms with van der Waals surface area (Å²) < 4.78 is 22.2. The van der Waals surface area contributed by atoms with Crippen molar-refractivity contribution in [3.8, 4) is 17.2 Å². The molecule has 0 aromatic heterocycles. The molecule has 1 unspecified atom stereocenters. The normalized spacial score (nSPS) is 17.3. The Morgan fingerprint density at radius 1 is 1.00 bits per heavy atom. The number of Topliss-reactive ketones (excluding diaryl/α,β-unsaturated/α-hetero) is 1. The summed E-state index contributed by atoms with van der Waals surface area (Å²) in [6.07, 6.45) is -0.0470. The third-order valence-corrected chi connectivity index (χ3v) is 6.68. The Bertz CT molecular complexity index is 1210. The van der Waals surface area contributed by atoms with Crippen molar-refractivity contribution in [3.05, 3.63) is 58.2 Å². The van der Waals surface area contributed by atoms with Gasteiger partial charge in [-0.1, -0.05) is 32.9 Å². The van der Waals surface area contributed by atoms with Gasteiger partial charge in [0, 0.05) is 12.1 Å². The van der Waals surface area contributed by atoms with Gasteiger partial charge in [-0.3, -0.25) is 9.59 Å². The van der Waals surface area contributed by atoms with Gasteiger partial charge in [0.15, 0.2) is 11.5 Å². The number of aliphatic hydroxyl groups is 1. The number of carbonyl (C=O) groups excluding carboxylic acids is 2. The van der Waals surface area contributed by atoms with Crippen molar-refractivity contribution in [1.82, 2.24) is 4.90 Å². The molecule has 1 fully saturated rings. The number of ketones is 1. The summed E-state index contributed by atoms with van der Waals surface area (Å²) in [4.78, 5) is 28.3. The number of amides is 1. The summed E-state index contributed by atoms with van der Waals surface area (Å²) >= 11 is 0. The summed E-state index contributed by atoms with van der Waals surface area (Å²) in [5.41, 5.74) is 2.64. The number of rotatable bonds is 9. The van der Waals surface area contributed by atoms with Crippen molar-refractivity contribution in [2.24, 2.45) is 0 Å². The fourth-order valence-electron chi connectivity index (χ4n) is 4.59. The predicted octanol–water partition coefficient (Wildman–Crippen LogP) is 5.17. The second-order valence-electron chi connectivity index (χ2n) is 10.7. The van der Waals surface area contributed by atoms with Crippen molar-refractivity contribution in [2.45, 2.75) is 59.1 Å². The van der Waals surface area contributed by atoms with Gasteiger partial charge in [-0.15, -0.1) is 0 Å². The van der Waals surface area contributed by atoms with Gasteiger partial charge in [0.05, 0.1) is 45.7 Å². The monoisotopic (exact) mass is 525 g/mol. The highest BCUT2D eigenvalue weighted by Gasteiger charge is 2.46. The molecule has 1 aliphatic rings. The van der Waals surface area contributed by atoms with E-state index in [-0.39, 0.29) is 36.0 Å². The number of carbonyl (C=O) groups is 2. The van der Waals surface area contributed by atoms with E-state index in [9.17, 15) is 14.7 Å². The highest BCUT2D eigenvalue weighted by atomic mass is 16.5. The molecule has 1 heterocycles. The highest BCUT2D eigenvalue weighted by molar-refractivity contribution is 6.46. The number of aliphatic hydroxyl groups excluding tert-OH is 1. The number of ether oxygens (including phenoxy) is 4. The van der Waals surface area contributed by atoms with E-state index in [2.05, 4.69) is 20.8 Å². The lowest BCUT2D eigenvalue weighted by molar-refractivity contribution is -0.140. The van der Waals surface area contributed by atoms with Crippen LogP contribution in [0.15, 0.2) is 35.9 Å². The van der Waals surface area contributed by atoms with Crippen molar-refractivity contribution < 1.29 is 33.6 Å². The minimum absolute atomic E-state index is 0.00276. The molecule has 0 aliphatic carbocycles. The zero-order valence-corrected chi connectivity index (χ0v) is 23.8. The van der Waals surface area contributed by atoms with Crippen LogP contribution in [0.5, 0.6) is 17.2 Å². The van der Waals surface area contributed by atoms with Crippen molar-refractivity contribution in [2.75, 3.05) is 34.5 Å². The second kappa shape index (κ2) is 11.5.